The van der Waals surface area contributed by atoms with E-state index in [1.165, 1.54) is 39.1 Å². The first-order valence-electron chi connectivity index (χ1n) is 6.60. The van der Waals surface area contributed by atoms with Gasteiger partial charge in [-0.25, -0.2) is 4.79 Å². The lowest BCUT2D eigenvalue weighted by Crippen LogP contribution is -2.36. The lowest BCUT2D eigenvalue weighted by atomic mass is 9.86. The van der Waals surface area contributed by atoms with Crippen LogP contribution in [0.25, 0.3) is 0 Å². The molecule has 0 saturated heterocycles. The molecule has 0 amide bonds. The van der Waals surface area contributed by atoms with Gasteiger partial charge in [0.2, 0.25) is 0 Å². The van der Waals surface area contributed by atoms with Gasteiger partial charge in [0.1, 0.15) is 12.0 Å². The maximum atomic E-state index is 11.3. The highest BCUT2D eigenvalue weighted by molar-refractivity contribution is 5.88. The summed E-state index contributed by atoms with van der Waals surface area (Å²) in [5.74, 6) is 1.15. The van der Waals surface area contributed by atoms with Gasteiger partial charge in [-0.05, 0) is 24.8 Å². The van der Waals surface area contributed by atoms with Crippen molar-refractivity contribution in [2.24, 2.45) is 5.92 Å². The van der Waals surface area contributed by atoms with Gasteiger partial charge < -0.3 is 14.5 Å². The number of carbonyl (C=O) groups is 1. The van der Waals surface area contributed by atoms with Crippen LogP contribution in [-0.4, -0.2) is 19.1 Å². The van der Waals surface area contributed by atoms with E-state index in [0.717, 1.165) is 5.76 Å². The number of furan rings is 1. The molecule has 2 atom stereocenters. The van der Waals surface area contributed by atoms with E-state index in [4.69, 9.17) is 4.42 Å². The summed E-state index contributed by atoms with van der Waals surface area (Å²) in [6.07, 6.45) is 6.61. The Morgan fingerprint density at radius 2 is 2.28 bits per heavy atom. The lowest BCUT2D eigenvalue weighted by Gasteiger charge is -2.29. The van der Waals surface area contributed by atoms with Crippen LogP contribution in [0.5, 0.6) is 0 Å². The van der Waals surface area contributed by atoms with Crippen molar-refractivity contribution in [1.29, 1.82) is 0 Å². The van der Waals surface area contributed by atoms with Gasteiger partial charge in [-0.2, -0.15) is 0 Å². The summed E-state index contributed by atoms with van der Waals surface area (Å²) in [6.45, 7) is 2.96. The highest BCUT2D eigenvalue weighted by Crippen LogP contribution is 2.24. The Balaban J connectivity index is 1.86. The second-order valence-corrected chi connectivity index (χ2v) is 5.04. The van der Waals surface area contributed by atoms with Gasteiger partial charge in [0.05, 0.1) is 19.2 Å². The van der Waals surface area contributed by atoms with Crippen LogP contribution in [0.1, 0.15) is 48.7 Å². The predicted octanol–water partition coefficient (Wildman–Crippen LogP) is 2.73. The van der Waals surface area contributed by atoms with Gasteiger partial charge in [-0.15, -0.1) is 0 Å². The molecule has 1 aromatic rings. The van der Waals surface area contributed by atoms with E-state index < -0.39 is 0 Å². The monoisotopic (exact) mass is 251 g/mol. The molecule has 1 aliphatic rings. The minimum atomic E-state index is -0.351. The predicted molar refractivity (Wildman–Crippen MR) is 68.3 cm³/mol. The zero-order valence-electron chi connectivity index (χ0n) is 11.1. The summed E-state index contributed by atoms with van der Waals surface area (Å²) < 4.78 is 9.99. The molecule has 2 rings (SSSR count). The van der Waals surface area contributed by atoms with Crippen molar-refractivity contribution in [2.45, 2.75) is 45.2 Å². The van der Waals surface area contributed by atoms with Crippen LogP contribution < -0.4 is 5.32 Å². The van der Waals surface area contributed by atoms with Crippen molar-refractivity contribution in [3.63, 3.8) is 0 Å². The third-order valence-electron chi connectivity index (χ3n) is 3.72. The highest BCUT2D eigenvalue weighted by Gasteiger charge is 2.21. The van der Waals surface area contributed by atoms with Gasteiger partial charge in [0.15, 0.2) is 0 Å². The van der Waals surface area contributed by atoms with Crippen LogP contribution in [0.15, 0.2) is 16.7 Å². The number of hydrogen-bond donors (Lipinski definition) is 1. The Labute approximate surface area is 108 Å². The fourth-order valence-corrected chi connectivity index (χ4v) is 2.55. The molecule has 0 spiro atoms. The summed E-state index contributed by atoms with van der Waals surface area (Å²) in [5.41, 5.74) is 0.478. The Bertz CT molecular complexity index is 399. The SMILES string of the molecule is COC(=O)c1coc(CNC2CCCCC2C)c1. The molecule has 18 heavy (non-hydrogen) atoms. The number of esters is 1. The number of methoxy groups -OCH3 is 1. The molecule has 0 aromatic carbocycles. The van der Waals surface area contributed by atoms with Gasteiger partial charge in [0, 0.05) is 6.04 Å². The van der Waals surface area contributed by atoms with Crippen LogP contribution >= 0.6 is 0 Å². The average molecular weight is 251 g/mol. The third kappa shape index (κ3) is 3.13. The molecule has 0 radical (unpaired) electrons. The molecule has 2 unspecified atom stereocenters. The maximum Gasteiger partial charge on any atom is 0.341 e. The van der Waals surface area contributed by atoms with Crippen LogP contribution in [0.4, 0.5) is 0 Å². The normalized spacial score (nSPS) is 23.9. The molecule has 1 aliphatic carbocycles. The Morgan fingerprint density at radius 3 is 3.00 bits per heavy atom. The summed E-state index contributed by atoms with van der Waals surface area (Å²) in [5, 5.41) is 3.51. The molecule has 100 valence electrons. The summed E-state index contributed by atoms with van der Waals surface area (Å²) in [4.78, 5) is 11.3. The average Bonchev–Trinajstić information content (AvgIpc) is 2.86. The van der Waals surface area contributed by atoms with E-state index in [2.05, 4.69) is 17.0 Å². The van der Waals surface area contributed by atoms with Crippen molar-refractivity contribution in [2.75, 3.05) is 7.11 Å². The van der Waals surface area contributed by atoms with Crippen LogP contribution in [0, 0.1) is 5.92 Å². The smallest absolute Gasteiger partial charge is 0.341 e. The first kappa shape index (κ1) is 13.1. The molecular weight excluding hydrogens is 230 g/mol. The number of ether oxygens (including phenoxy) is 1. The Kier molecular flexibility index (Phi) is 4.42. The molecule has 4 heteroatoms. The van der Waals surface area contributed by atoms with Crippen LogP contribution in [-0.2, 0) is 11.3 Å². The summed E-state index contributed by atoms with van der Waals surface area (Å²) in [7, 11) is 1.37. The van der Waals surface area contributed by atoms with E-state index in [-0.39, 0.29) is 5.97 Å². The molecule has 1 aromatic heterocycles. The largest absolute Gasteiger partial charge is 0.467 e. The maximum absolute atomic E-state index is 11.3. The van der Waals surface area contributed by atoms with E-state index >= 15 is 0 Å². The molecule has 1 heterocycles. The summed E-state index contributed by atoms with van der Waals surface area (Å²) in [6, 6.07) is 2.30. The minimum absolute atomic E-state index is 0.351. The Hall–Kier alpha value is -1.29. The van der Waals surface area contributed by atoms with E-state index in [9.17, 15) is 4.79 Å². The summed E-state index contributed by atoms with van der Waals surface area (Å²) >= 11 is 0. The van der Waals surface area contributed by atoms with Gasteiger partial charge in [-0.1, -0.05) is 19.8 Å². The number of carbonyl (C=O) groups excluding carboxylic acids is 1. The molecule has 1 fully saturated rings. The second-order valence-electron chi connectivity index (χ2n) is 5.04. The second kappa shape index (κ2) is 6.05. The zero-order chi connectivity index (χ0) is 13.0. The van der Waals surface area contributed by atoms with E-state index in [0.29, 0.717) is 24.1 Å². The molecule has 0 aliphatic heterocycles. The lowest BCUT2D eigenvalue weighted by molar-refractivity contribution is 0.0600. The molecular formula is C14H21NO3. The van der Waals surface area contributed by atoms with Crippen molar-refractivity contribution < 1.29 is 13.9 Å². The van der Waals surface area contributed by atoms with Crippen LogP contribution in [0.2, 0.25) is 0 Å². The van der Waals surface area contributed by atoms with E-state index in [1.807, 2.05) is 0 Å². The quantitative estimate of drug-likeness (QED) is 0.836. The molecule has 1 saturated carbocycles. The first-order chi connectivity index (χ1) is 8.70. The fraction of sp³-hybridized carbons (Fsp3) is 0.643. The standard InChI is InChI=1S/C14H21NO3/c1-10-5-3-4-6-13(10)15-8-12-7-11(9-18-12)14(16)17-2/h7,9-10,13,15H,3-6,8H2,1-2H3. The Morgan fingerprint density at radius 1 is 1.50 bits per heavy atom. The number of rotatable bonds is 4. The van der Waals surface area contributed by atoms with E-state index in [1.54, 1.807) is 6.07 Å². The van der Waals surface area contributed by atoms with Gasteiger partial charge in [0.25, 0.3) is 0 Å². The zero-order valence-corrected chi connectivity index (χ0v) is 11.1. The fourth-order valence-electron chi connectivity index (χ4n) is 2.55. The van der Waals surface area contributed by atoms with Gasteiger partial charge in [-0.3, -0.25) is 0 Å². The first-order valence-corrected chi connectivity index (χ1v) is 6.60. The number of hydrogen-bond acceptors (Lipinski definition) is 4. The molecule has 1 N–H and O–H groups in total. The van der Waals surface area contributed by atoms with Gasteiger partial charge >= 0.3 is 5.97 Å². The molecule has 4 nitrogen and oxygen atoms in total. The highest BCUT2D eigenvalue weighted by atomic mass is 16.5. The third-order valence-corrected chi connectivity index (χ3v) is 3.72. The van der Waals surface area contributed by atoms with Crippen molar-refractivity contribution in [3.05, 3.63) is 23.7 Å². The minimum Gasteiger partial charge on any atom is -0.467 e. The molecule has 0 bridgehead atoms. The van der Waals surface area contributed by atoms with Crippen molar-refractivity contribution in [3.8, 4) is 0 Å². The van der Waals surface area contributed by atoms with Crippen molar-refractivity contribution in [1.82, 2.24) is 5.32 Å². The topological polar surface area (TPSA) is 51.5 Å². The van der Waals surface area contributed by atoms with Crippen molar-refractivity contribution >= 4 is 5.97 Å². The number of nitrogens with one attached hydrogen (secondary N) is 1. The van der Waals surface area contributed by atoms with Crippen LogP contribution in [0.3, 0.4) is 0 Å².